The number of sulfonamides is 1. The van der Waals surface area contributed by atoms with Gasteiger partial charge in [0.05, 0.1) is 23.6 Å². The lowest BCUT2D eigenvalue weighted by atomic mass is 9.68. The molecular formula is C33H33ClN2O5S. The summed E-state index contributed by atoms with van der Waals surface area (Å²) in [4.78, 5) is 28.9. The summed E-state index contributed by atoms with van der Waals surface area (Å²) in [6, 6.07) is 18.2. The van der Waals surface area contributed by atoms with Crippen molar-refractivity contribution in [1.29, 1.82) is 0 Å². The first-order valence-corrected chi connectivity index (χ1v) is 16.5. The van der Waals surface area contributed by atoms with Crippen LogP contribution < -0.4 is 14.4 Å². The molecule has 1 N–H and O–H groups in total. The summed E-state index contributed by atoms with van der Waals surface area (Å²) >= 11 is 6.38. The second-order valence-electron chi connectivity index (χ2n) is 12.3. The van der Waals surface area contributed by atoms with E-state index in [1.165, 1.54) is 17.2 Å². The third kappa shape index (κ3) is 4.88. The van der Waals surface area contributed by atoms with Crippen molar-refractivity contribution in [1.82, 2.24) is 4.72 Å². The zero-order valence-corrected chi connectivity index (χ0v) is 24.8. The predicted molar refractivity (Wildman–Crippen MR) is 161 cm³/mol. The zero-order valence-electron chi connectivity index (χ0n) is 23.3. The Morgan fingerprint density at radius 2 is 1.76 bits per heavy atom. The number of rotatable bonds is 0. The molecule has 1 spiro atoms. The van der Waals surface area contributed by atoms with Crippen molar-refractivity contribution >= 4 is 39.0 Å². The van der Waals surface area contributed by atoms with Crippen LogP contribution in [-0.4, -0.2) is 39.8 Å². The fourth-order valence-corrected chi connectivity index (χ4v) is 8.59. The van der Waals surface area contributed by atoms with E-state index in [9.17, 15) is 18.0 Å². The van der Waals surface area contributed by atoms with Crippen molar-refractivity contribution in [2.24, 2.45) is 11.8 Å². The highest BCUT2D eigenvalue weighted by atomic mass is 35.5. The van der Waals surface area contributed by atoms with Gasteiger partial charge in [-0.25, -0.2) is 13.1 Å². The molecule has 0 aromatic heterocycles. The summed E-state index contributed by atoms with van der Waals surface area (Å²) in [5.74, 6) is 0.216. The molecule has 3 atom stereocenters. The molecule has 2 heterocycles. The minimum Gasteiger partial charge on any atom is -0.490 e. The van der Waals surface area contributed by atoms with Crippen LogP contribution in [0, 0.1) is 11.8 Å². The third-order valence-electron chi connectivity index (χ3n) is 9.69. The molecule has 1 fully saturated rings. The van der Waals surface area contributed by atoms with Crippen molar-refractivity contribution in [3.63, 3.8) is 0 Å². The number of fused-ring (bicyclic) bond motifs is 5. The highest BCUT2D eigenvalue weighted by Crippen LogP contribution is 2.46. The van der Waals surface area contributed by atoms with Gasteiger partial charge in [-0.3, -0.25) is 9.59 Å². The second-order valence-corrected chi connectivity index (χ2v) is 14.4. The summed E-state index contributed by atoms with van der Waals surface area (Å²) in [6.45, 7) is 1.71. The predicted octanol–water partition coefficient (Wildman–Crippen LogP) is 5.01. The van der Waals surface area contributed by atoms with Crippen molar-refractivity contribution in [3.8, 4) is 5.75 Å². The van der Waals surface area contributed by atoms with Crippen molar-refractivity contribution in [2.75, 3.05) is 24.6 Å². The maximum atomic E-state index is 13.6. The van der Waals surface area contributed by atoms with E-state index in [2.05, 4.69) is 15.7 Å². The molecule has 0 unspecified atom stereocenters. The van der Waals surface area contributed by atoms with Gasteiger partial charge in [-0.2, -0.15) is 0 Å². The molecule has 1 saturated carbocycles. The Morgan fingerprint density at radius 3 is 2.55 bits per heavy atom. The van der Waals surface area contributed by atoms with Gasteiger partial charge in [-0.05, 0) is 90.6 Å². The number of ether oxygens (including phenoxy) is 1. The van der Waals surface area contributed by atoms with Crippen LogP contribution in [0.5, 0.6) is 5.75 Å². The summed E-state index contributed by atoms with van der Waals surface area (Å²) in [7, 11) is -4.14. The first kappa shape index (κ1) is 27.5. The lowest BCUT2D eigenvalue weighted by molar-refractivity contribution is -0.127. The van der Waals surface area contributed by atoms with Crippen molar-refractivity contribution < 1.29 is 22.7 Å². The first-order valence-electron chi connectivity index (χ1n) is 14.7. The number of nitrogens with one attached hydrogen (secondary N) is 1. The van der Waals surface area contributed by atoms with Gasteiger partial charge in [0.15, 0.2) is 0 Å². The average Bonchev–Trinajstić information content (AvgIpc) is 3.08. The SMILES string of the molecule is O=C1Cc2ccccc2CC(=O)[C@@H]2CC[C@H]2CN2C[C@@]3(CCCc4cc(Cl)ccc43)COc3ccc(cc32)S(=O)(=O)N1. The van der Waals surface area contributed by atoms with E-state index in [1.54, 1.807) is 24.3 Å². The maximum Gasteiger partial charge on any atom is 0.264 e. The Bertz CT molecular complexity index is 1710. The largest absolute Gasteiger partial charge is 0.490 e. The van der Waals surface area contributed by atoms with Gasteiger partial charge in [0.25, 0.3) is 10.0 Å². The number of halogens is 1. The van der Waals surface area contributed by atoms with Gasteiger partial charge < -0.3 is 9.64 Å². The van der Waals surface area contributed by atoms with Crippen LogP contribution in [0.25, 0.3) is 0 Å². The number of anilines is 1. The number of benzene rings is 3. The number of carbonyl (C=O) groups excluding carboxylic acids is 2. The lowest BCUT2D eigenvalue weighted by Crippen LogP contribution is -2.49. The molecule has 0 saturated heterocycles. The van der Waals surface area contributed by atoms with E-state index in [0.29, 0.717) is 41.7 Å². The number of Topliss-reactive ketones (excluding diaryl/α,β-unsaturated/α-hetero) is 1. The highest BCUT2D eigenvalue weighted by molar-refractivity contribution is 7.90. The molecule has 4 aliphatic rings. The standard InChI is InChI=1S/C33H33ClN2O5S/c34-25-8-11-28-23(14-25)6-3-13-33(28)19-36-18-24-7-10-27(24)30(37)15-21-4-1-2-5-22(21)16-32(38)35-42(39,40)26-9-12-31(41-20-33)29(36)17-26/h1-2,4-5,8-9,11-12,14,17,24,27H,3,6-7,10,13,15-16,18-20H2,(H,35,38)/t24-,27+,33-/m0/s1. The quantitative estimate of drug-likeness (QED) is 0.388. The third-order valence-corrected chi connectivity index (χ3v) is 11.3. The van der Waals surface area contributed by atoms with Crippen LogP contribution in [-0.2, 0) is 44.3 Å². The second kappa shape index (κ2) is 10.4. The van der Waals surface area contributed by atoms with Crippen LogP contribution in [0.1, 0.15) is 47.9 Å². The van der Waals surface area contributed by atoms with Gasteiger partial charge in [0, 0.05) is 35.9 Å². The minimum atomic E-state index is -4.14. The summed E-state index contributed by atoms with van der Waals surface area (Å²) in [5.41, 5.74) is 4.26. The molecular weight excluding hydrogens is 572 g/mol. The molecule has 7 rings (SSSR count). The Balaban J connectivity index is 1.33. The lowest BCUT2D eigenvalue weighted by Gasteiger charge is -2.44. The molecule has 3 aromatic carbocycles. The van der Waals surface area contributed by atoms with Crippen molar-refractivity contribution in [2.45, 2.75) is 55.3 Å². The van der Waals surface area contributed by atoms with Crippen LogP contribution in [0.2, 0.25) is 5.02 Å². The van der Waals surface area contributed by atoms with Crippen LogP contribution in [0.4, 0.5) is 5.69 Å². The molecule has 0 radical (unpaired) electrons. The van der Waals surface area contributed by atoms with E-state index in [-0.39, 0.29) is 40.8 Å². The van der Waals surface area contributed by atoms with Gasteiger partial charge >= 0.3 is 0 Å². The highest BCUT2D eigenvalue weighted by Gasteiger charge is 2.44. The molecule has 2 bridgehead atoms. The number of nitrogens with zero attached hydrogens (tertiary/aromatic N) is 1. The van der Waals surface area contributed by atoms with Crippen molar-refractivity contribution in [3.05, 3.63) is 87.9 Å². The minimum absolute atomic E-state index is 0.0133. The van der Waals surface area contributed by atoms with Gasteiger partial charge in [0.1, 0.15) is 11.5 Å². The number of amides is 1. The fourth-order valence-electron chi connectivity index (χ4n) is 7.39. The fraction of sp³-hybridized carbons (Fsp3) is 0.394. The molecule has 7 nitrogen and oxygen atoms in total. The molecule has 2 aliphatic carbocycles. The summed E-state index contributed by atoms with van der Waals surface area (Å²) in [5, 5.41) is 0.715. The average molecular weight is 605 g/mol. The van der Waals surface area contributed by atoms with E-state index < -0.39 is 15.9 Å². The number of hydrogen-bond acceptors (Lipinski definition) is 6. The van der Waals surface area contributed by atoms with E-state index >= 15 is 0 Å². The molecule has 42 heavy (non-hydrogen) atoms. The molecule has 1 amide bonds. The van der Waals surface area contributed by atoms with E-state index in [1.807, 2.05) is 24.3 Å². The van der Waals surface area contributed by atoms with Gasteiger partial charge in [-0.15, -0.1) is 0 Å². The monoisotopic (exact) mass is 604 g/mol. The van der Waals surface area contributed by atoms with E-state index in [0.717, 1.165) is 37.7 Å². The summed E-state index contributed by atoms with van der Waals surface area (Å²) in [6.07, 6.45) is 4.76. The molecule has 3 aromatic rings. The maximum absolute atomic E-state index is 13.6. The molecule has 2 aliphatic heterocycles. The Labute approximate surface area is 251 Å². The normalized spacial score (nSPS) is 26.6. The molecule has 9 heteroatoms. The topological polar surface area (TPSA) is 92.8 Å². The number of aryl methyl sites for hydroxylation is 1. The van der Waals surface area contributed by atoms with Gasteiger partial charge in [-0.1, -0.05) is 41.9 Å². The summed E-state index contributed by atoms with van der Waals surface area (Å²) < 4.78 is 35.6. The zero-order chi connectivity index (χ0) is 29.1. The number of ketones is 1. The first-order chi connectivity index (χ1) is 20.2. The molecule has 218 valence electrons. The number of carbonyl (C=O) groups is 2. The number of hydrogen-bond donors (Lipinski definition) is 1. The Morgan fingerprint density at radius 1 is 0.952 bits per heavy atom. The Hall–Kier alpha value is -3.36. The Kier molecular flexibility index (Phi) is 6.82. The van der Waals surface area contributed by atoms with Gasteiger partial charge in [0.2, 0.25) is 5.91 Å². The van der Waals surface area contributed by atoms with Crippen LogP contribution in [0.3, 0.4) is 0 Å². The van der Waals surface area contributed by atoms with Crippen LogP contribution in [0.15, 0.2) is 65.6 Å². The van der Waals surface area contributed by atoms with E-state index in [4.69, 9.17) is 16.3 Å². The smallest absolute Gasteiger partial charge is 0.264 e. The van der Waals surface area contributed by atoms with Crippen LogP contribution >= 0.6 is 11.6 Å².